The monoisotopic (exact) mass is 329 g/mol. The number of hydrogen-bond donors (Lipinski definition) is 1. The first-order valence-corrected chi connectivity index (χ1v) is 9.14. The van der Waals surface area contributed by atoms with Gasteiger partial charge in [-0.15, -0.1) is 0 Å². The van der Waals surface area contributed by atoms with Crippen LogP contribution in [0, 0.1) is 0 Å². The Hall–Kier alpha value is -1.78. The van der Waals surface area contributed by atoms with Crippen LogP contribution in [0.5, 0.6) is 0 Å². The van der Waals surface area contributed by atoms with Crippen molar-refractivity contribution >= 4 is 17.7 Å². The summed E-state index contributed by atoms with van der Waals surface area (Å²) >= 11 is 1.77. The minimum Gasteiger partial charge on any atom is -0.377 e. The fourth-order valence-corrected chi connectivity index (χ4v) is 2.70. The molecule has 0 atom stereocenters. The van der Waals surface area contributed by atoms with Crippen molar-refractivity contribution in [2.75, 3.05) is 12.9 Å². The van der Waals surface area contributed by atoms with Crippen LogP contribution in [0.4, 0.5) is 0 Å². The van der Waals surface area contributed by atoms with Gasteiger partial charge in [0.1, 0.15) is 0 Å². The van der Waals surface area contributed by atoms with Gasteiger partial charge in [0.25, 0.3) is 5.91 Å². The lowest BCUT2D eigenvalue weighted by molar-refractivity contribution is 0.0951. The van der Waals surface area contributed by atoms with Crippen molar-refractivity contribution in [3.05, 3.63) is 70.8 Å². The van der Waals surface area contributed by atoms with E-state index in [1.54, 1.807) is 11.8 Å². The van der Waals surface area contributed by atoms with E-state index < -0.39 is 0 Å². The van der Waals surface area contributed by atoms with Gasteiger partial charge in [-0.2, -0.15) is 11.8 Å². The number of benzene rings is 2. The van der Waals surface area contributed by atoms with Gasteiger partial charge in [-0.25, -0.2) is 0 Å². The Labute approximate surface area is 142 Å². The smallest absolute Gasteiger partial charge is 0.251 e. The molecule has 2 aromatic rings. The molecule has 122 valence electrons. The first-order chi connectivity index (χ1) is 11.2. The molecule has 0 bridgehead atoms. The zero-order valence-corrected chi connectivity index (χ0v) is 14.5. The van der Waals surface area contributed by atoms with Crippen LogP contribution in [0.15, 0.2) is 48.5 Å². The number of ether oxygens (including phenoxy) is 1. The summed E-state index contributed by atoms with van der Waals surface area (Å²) in [5.74, 6) is 0.926. The second kappa shape index (κ2) is 9.38. The van der Waals surface area contributed by atoms with E-state index in [0.717, 1.165) is 16.9 Å². The van der Waals surface area contributed by atoms with Crippen LogP contribution in [0.2, 0.25) is 0 Å². The van der Waals surface area contributed by atoms with Crippen LogP contribution in [-0.2, 0) is 23.6 Å². The third-order valence-electron chi connectivity index (χ3n) is 3.48. The third-order valence-corrected chi connectivity index (χ3v) is 4.10. The Bertz CT molecular complexity index is 608. The number of thioether (sulfide) groups is 1. The highest BCUT2D eigenvalue weighted by Crippen LogP contribution is 2.11. The van der Waals surface area contributed by atoms with Gasteiger partial charge >= 0.3 is 0 Å². The molecule has 3 nitrogen and oxygen atoms in total. The highest BCUT2D eigenvalue weighted by atomic mass is 32.2. The predicted molar refractivity (Wildman–Crippen MR) is 96.6 cm³/mol. The molecule has 0 radical (unpaired) electrons. The number of rotatable bonds is 8. The van der Waals surface area contributed by atoms with Crippen LogP contribution in [0.3, 0.4) is 0 Å². The Kier molecular flexibility index (Phi) is 7.17. The number of carbonyl (C=O) groups excluding carboxylic acids is 1. The van der Waals surface area contributed by atoms with Gasteiger partial charge in [0, 0.05) is 24.5 Å². The van der Waals surface area contributed by atoms with Crippen molar-refractivity contribution in [2.24, 2.45) is 0 Å². The Morgan fingerprint density at radius 1 is 1.00 bits per heavy atom. The Morgan fingerprint density at radius 3 is 2.22 bits per heavy atom. The molecule has 0 fully saturated rings. The largest absolute Gasteiger partial charge is 0.377 e. The van der Waals surface area contributed by atoms with Crippen molar-refractivity contribution in [1.29, 1.82) is 0 Å². The number of amides is 1. The maximum Gasteiger partial charge on any atom is 0.251 e. The molecule has 1 amide bonds. The molecule has 0 saturated carbocycles. The van der Waals surface area contributed by atoms with Crippen LogP contribution >= 0.6 is 11.8 Å². The zero-order valence-electron chi connectivity index (χ0n) is 13.7. The summed E-state index contributed by atoms with van der Waals surface area (Å²) < 4.78 is 5.37. The van der Waals surface area contributed by atoms with Gasteiger partial charge in [0.05, 0.1) is 6.61 Å². The summed E-state index contributed by atoms with van der Waals surface area (Å²) in [5.41, 5.74) is 4.16. The molecule has 0 aliphatic carbocycles. The number of hydrogen-bond acceptors (Lipinski definition) is 3. The van der Waals surface area contributed by atoms with Crippen LogP contribution in [0.25, 0.3) is 0 Å². The van der Waals surface area contributed by atoms with Crippen molar-refractivity contribution in [1.82, 2.24) is 5.32 Å². The molecule has 23 heavy (non-hydrogen) atoms. The van der Waals surface area contributed by atoms with Gasteiger partial charge in [-0.05, 0) is 42.0 Å². The molecular weight excluding hydrogens is 306 g/mol. The molecule has 0 unspecified atom stereocenters. The highest BCUT2D eigenvalue weighted by molar-refractivity contribution is 7.97. The molecule has 0 aliphatic heterocycles. The lowest BCUT2D eigenvalue weighted by Crippen LogP contribution is -2.22. The van der Waals surface area contributed by atoms with E-state index in [0.29, 0.717) is 25.3 Å². The van der Waals surface area contributed by atoms with Gasteiger partial charge < -0.3 is 10.1 Å². The van der Waals surface area contributed by atoms with E-state index in [-0.39, 0.29) is 5.91 Å². The van der Waals surface area contributed by atoms with Gasteiger partial charge in [0.15, 0.2) is 0 Å². The summed E-state index contributed by atoms with van der Waals surface area (Å²) in [6.07, 6.45) is 2.07. The first-order valence-electron chi connectivity index (χ1n) is 7.74. The third kappa shape index (κ3) is 5.73. The summed E-state index contributed by atoms with van der Waals surface area (Å²) in [6, 6.07) is 15.9. The minimum absolute atomic E-state index is 0.0425. The quantitative estimate of drug-likeness (QED) is 0.795. The molecule has 0 aromatic heterocycles. The summed E-state index contributed by atoms with van der Waals surface area (Å²) in [5, 5.41) is 2.95. The lowest BCUT2D eigenvalue weighted by atomic mass is 10.1. The maximum atomic E-state index is 12.2. The van der Waals surface area contributed by atoms with Crippen molar-refractivity contribution < 1.29 is 9.53 Å². The molecule has 2 aromatic carbocycles. The topological polar surface area (TPSA) is 38.3 Å². The second-order valence-electron chi connectivity index (χ2n) is 5.27. The van der Waals surface area contributed by atoms with Gasteiger partial charge in [-0.3, -0.25) is 4.79 Å². The van der Waals surface area contributed by atoms with E-state index in [4.69, 9.17) is 4.74 Å². The number of carbonyl (C=O) groups is 1. The normalized spacial score (nSPS) is 10.5. The summed E-state index contributed by atoms with van der Waals surface area (Å²) in [7, 11) is 0. The van der Waals surface area contributed by atoms with Crippen molar-refractivity contribution in [3.8, 4) is 0 Å². The zero-order chi connectivity index (χ0) is 16.5. The molecule has 4 heteroatoms. The Morgan fingerprint density at radius 2 is 1.61 bits per heavy atom. The van der Waals surface area contributed by atoms with Crippen molar-refractivity contribution in [3.63, 3.8) is 0 Å². The SMILES string of the molecule is CCOCc1ccc(CNC(=O)c2ccc(CSC)cc2)cc1. The van der Waals surface area contributed by atoms with E-state index in [9.17, 15) is 4.79 Å². The first kappa shape index (κ1) is 17.6. The molecule has 0 saturated heterocycles. The Balaban J connectivity index is 1.85. The van der Waals surface area contributed by atoms with Gasteiger partial charge in [-0.1, -0.05) is 36.4 Å². The molecule has 0 aliphatic rings. The standard InChI is InChI=1S/C19H23NO2S/c1-3-22-13-16-6-4-15(5-7-16)12-20-19(21)18-10-8-17(9-11-18)14-23-2/h4-11H,3,12-14H2,1-2H3,(H,20,21). The molecule has 0 heterocycles. The van der Waals surface area contributed by atoms with E-state index in [1.165, 1.54) is 5.56 Å². The fourth-order valence-electron chi connectivity index (χ4n) is 2.18. The van der Waals surface area contributed by atoms with Crippen LogP contribution < -0.4 is 5.32 Å². The number of nitrogens with one attached hydrogen (secondary N) is 1. The van der Waals surface area contributed by atoms with Crippen molar-refractivity contribution in [2.45, 2.75) is 25.8 Å². The highest BCUT2D eigenvalue weighted by Gasteiger charge is 2.05. The molecule has 0 spiro atoms. The minimum atomic E-state index is -0.0425. The summed E-state index contributed by atoms with van der Waals surface area (Å²) in [4.78, 5) is 12.2. The lowest BCUT2D eigenvalue weighted by Gasteiger charge is -2.07. The molecule has 2 rings (SSSR count). The maximum absolute atomic E-state index is 12.2. The average Bonchev–Trinajstić information content (AvgIpc) is 2.59. The predicted octanol–water partition coefficient (Wildman–Crippen LogP) is 4.02. The second-order valence-corrected chi connectivity index (χ2v) is 6.13. The molecule has 1 N–H and O–H groups in total. The van der Waals surface area contributed by atoms with E-state index in [2.05, 4.69) is 11.6 Å². The summed E-state index contributed by atoms with van der Waals surface area (Å²) in [6.45, 7) is 3.86. The molecular formula is C19H23NO2S. The van der Waals surface area contributed by atoms with E-state index in [1.807, 2.05) is 55.5 Å². The van der Waals surface area contributed by atoms with Gasteiger partial charge in [0.2, 0.25) is 0 Å². The average molecular weight is 329 g/mol. The fraction of sp³-hybridized carbons (Fsp3) is 0.316. The van der Waals surface area contributed by atoms with E-state index >= 15 is 0 Å². The van der Waals surface area contributed by atoms with Crippen LogP contribution in [0.1, 0.15) is 34.0 Å². The van der Waals surface area contributed by atoms with Crippen LogP contribution in [-0.4, -0.2) is 18.8 Å².